The summed E-state index contributed by atoms with van der Waals surface area (Å²) in [6, 6.07) is 9.66. The fraction of sp³-hybridized carbons (Fsp3) is 0.200. The number of nitrogens with one attached hydrogen (secondary N) is 1. The number of aryl methyl sites for hydroxylation is 2. The summed E-state index contributed by atoms with van der Waals surface area (Å²) in [5.74, 6) is 1.75. The SMILES string of the molecule is Cc1cccc(CNc2ncccc2-c2nc(C)no2)n1. The maximum absolute atomic E-state index is 5.21. The Morgan fingerprint density at radius 2 is 2.00 bits per heavy atom. The highest BCUT2D eigenvalue weighted by Gasteiger charge is 2.12. The first-order valence-corrected chi connectivity index (χ1v) is 6.64. The number of aromatic nitrogens is 4. The van der Waals surface area contributed by atoms with E-state index in [-0.39, 0.29) is 0 Å². The van der Waals surface area contributed by atoms with Crippen LogP contribution in [0.25, 0.3) is 11.5 Å². The lowest BCUT2D eigenvalue weighted by molar-refractivity contribution is 0.425. The molecule has 6 heteroatoms. The minimum atomic E-state index is 0.459. The number of nitrogens with zero attached hydrogens (tertiary/aromatic N) is 4. The summed E-state index contributed by atoms with van der Waals surface area (Å²) < 4.78 is 5.21. The Morgan fingerprint density at radius 3 is 2.76 bits per heavy atom. The van der Waals surface area contributed by atoms with E-state index in [1.54, 1.807) is 13.1 Å². The average molecular weight is 281 g/mol. The minimum Gasteiger partial charge on any atom is -0.364 e. The molecule has 6 nitrogen and oxygen atoms in total. The molecular weight excluding hydrogens is 266 g/mol. The zero-order chi connectivity index (χ0) is 14.7. The van der Waals surface area contributed by atoms with Gasteiger partial charge in [-0.2, -0.15) is 4.98 Å². The zero-order valence-corrected chi connectivity index (χ0v) is 11.9. The second-order valence-electron chi connectivity index (χ2n) is 4.67. The van der Waals surface area contributed by atoms with E-state index in [2.05, 4.69) is 25.4 Å². The third kappa shape index (κ3) is 3.05. The van der Waals surface area contributed by atoms with Gasteiger partial charge in [0.25, 0.3) is 5.89 Å². The van der Waals surface area contributed by atoms with Crippen molar-refractivity contribution in [1.29, 1.82) is 0 Å². The number of rotatable bonds is 4. The van der Waals surface area contributed by atoms with Crippen LogP contribution in [0.5, 0.6) is 0 Å². The molecule has 0 bridgehead atoms. The van der Waals surface area contributed by atoms with Crippen molar-refractivity contribution in [2.75, 3.05) is 5.32 Å². The van der Waals surface area contributed by atoms with Crippen LogP contribution < -0.4 is 5.32 Å². The molecule has 0 radical (unpaired) electrons. The lowest BCUT2D eigenvalue weighted by atomic mass is 10.2. The molecule has 0 unspecified atom stereocenters. The van der Waals surface area contributed by atoms with Crippen molar-refractivity contribution in [2.24, 2.45) is 0 Å². The first kappa shape index (κ1) is 13.2. The number of hydrogen-bond acceptors (Lipinski definition) is 6. The number of hydrogen-bond donors (Lipinski definition) is 1. The molecular formula is C15H15N5O. The molecule has 0 aliphatic heterocycles. The van der Waals surface area contributed by atoms with Gasteiger partial charge in [0, 0.05) is 11.9 Å². The Labute approximate surface area is 122 Å². The second kappa shape index (κ2) is 5.70. The van der Waals surface area contributed by atoms with Gasteiger partial charge in [0.2, 0.25) is 0 Å². The van der Waals surface area contributed by atoms with Crippen LogP contribution in [0.15, 0.2) is 41.1 Å². The molecule has 3 rings (SSSR count). The van der Waals surface area contributed by atoms with Gasteiger partial charge in [-0.15, -0.1) is 0 Å². The molecule has 0 amide bonds. The highest BCUT2D eigenvalue weighted by Crippen LogP contribution is 2.24. The molecule has 0 spiro atoms. The fourth-order valence-corrected chi connectivity index (χ4v) is 2.00. The van der Waals surface area contributed by atoms with E-state index in [4.69, 9.17) is 4.52 Å². The zero-order valence-electron chi connectivity index (χ0n) is 11.9. The Bertz CT molecular complexity index is 753. The molecule has 0 aliphatic rings. The molecule has 0 aliphatic carbocycles. The van der Waals surface area contributed by atoms with Gasteiger partial charge < -0.3 is 9.84 Å². The smallest absolute Gasteiger partial charge is 0.261 e. The van der Waals surface area contributed by atoms with Crippen LogP contribution in [-0.4, -0.2) is 20.1 Å². The molecule has 1 N–H and O–H groups in total. The monoisotopic (exact) mass is 281 g/mol. The van der Waals surface area contributed by atoms with Crippen LogP contribution in [0, 0.1) is 13.8 Å². The number of pyridine rings is 2. The molecule has 0 fully saturated rings. The van der Waals surface area contributed by atoms with E-state index in [0.29, 0.717) is 24.1 Å². The Balaban J connectivity index is 1.83. The van der Waals surface area contributed by atoms with Gasteiger partial charge in [0.15, 0.2) is 5.82 Å². The molecule has 0 saturated carbocycles. The van der Waals surface area contributed by atoms with E-state index in [9.17, 15) is 0 Å². The molecule has 21 heavy (non-hydrogen) atoms. The van der Waals surface area contributed by atoms with Crippen LogP contribution in [0.3, 0.4) is 0 Å². The van der Waals surface area contributed by atoms with Gasteiger partial charge in [-0.05, 0) is 38.1 Å². The molecule has 3 aromatic rings. The van der Waals surface area contributed by atoms with Crippen molar-refractivity contribution < 1.29 is 4.52 Å². The Hall–Kier alpha value is -2.76. The van der Waals surface area contributed by atoms with Gasteiger partial charge in [0.1, 0.15) is 5.82 Å². The third-order valence-electron chi connectivity index (χ3n) is 2.95. The highest BCUT2D eigenvalue weighted by molar-refractivity contribution is 5.68. The maximum Gasteiger partial charge on any atom is 0.261 e. The summed E-state index contributed by atoms with van der Waals surface area (Å²) in [4.78, 5) is 13.0. The van der Waals surface area contributed by atoms with Crippen molar-refractivity contribution in [3.8, 4) is 11.5 Å². The predicted molar refractivity (Wildman–Crippen MR) is 78.6 cm³/mol. The van der Waals surface area contributed by atoms with Crippen molar-refractivity contribution >= 4 is 5.82 Å². The maximum atomic E-state index is 5.21. The average Bonchev–Trinajstić information content (AvgIpc) is 2.92. The van der Waals surface area contributed by atoms with Crippen molar-refractivity contribution in [1.82, 2.24) is 20.1 Å². The van der Waals surface area contributed by atoms with E-state index in [0.717, 1.165) is 17.0 Å². The molecule has 0 saturated heterocycles. The Kier molecular flexibility index (Phi) is 3.59. The molecule has 0 aromatic carbocycles. The van der Waals surface area contributed by atoms with E-state index in [1.165, 1.54) is 0 Å². The van der Waals surface area contributed by atoms with Crippen molar-refractivity contribution in [3.63, 3.8) is 0 Å². The molecule has 106 valence electrons. The summed E-state index contributed by atoms with van der Waals surface area (Å²) in [6.07, 6.45) is 1.72. The van der Waals surface area contributed by atoms with Gasteiger partial charge in [-0.25, -0.2) is 4.98 Å². The summed E-state index contributed by atoms with van der Waals surface area (Å²) in [5.41, 5.74) is 2.72. The van der Waals surface area contributed by atoms with Gasteiger partial charge in [-0.1, -0.05) is 11.2 Å². The van der Waals surface area contributed by atoms with E-state index in [1.807, 2.05) is 37.3 Å². The van der Waals surface area contributed by atoms with Gasteiger partial charge in [-0.3, -0.25) is 4.98 Å². The van der Waals surface area contributed by atoms with Crippen molar-refractivity contribution in [3.05, 3.63) is 53.7 Å². The largest absolute Gasteiger partial charge is 0.364 e. The standard InChI is InChI=1S/C15H15N5O/c1-10-5-3-6-12(18-10)9-17-14-13(7-4-8-16-14)15-19-11(2)20-21-15/h3-8H,9H2,1-2H3,(H,16,17). The van der Waals surface area contributed by atoms with Crippen LogP contribution >= 0.6 is 0 Å². The van der Waals surface area contributed by atoms with E-state index >= 15 is 0 Å². The van der Waals surface area contributed by atoms with Gasteiger partial charge in [0.05, 0.1) is 17.8 Å². The van der Waals surface area contributed by atoms with Gasteiger partial charge >= 0.3 is 0 Å². The van der Waals surface area contributed by atoms with Crippen LogP contribution in [0.2, 0.25) is 0 Å². The van der Waals surface area contributed by atoms with Crippen LogP contribution in [-0.2, 0) is 6.54 Å². The minimum absolute atomic E-state index is 0.459. The molecule has 0 atom stereocenters. The molecule has 3 heterocycles. The predicted octanol–water partition coefficient (Wildman–Crippen LogP) is 2.76. The first-order chi connectivity index (χ1) is 10.2. The quantitative estimate of drug-likeness (QED) is 0.792. The van der Waals surface area contributed by atoms with Crippen molar-refractivity contribution in [2.45, 2.75) is 20.4 Å². The highest BCUT2D eigenvalue weighted by atomic mass is 16.5. The lowest BCUT2D eigenvalue weighted by Gasteiger charge is -2.08. The lowest BCUT2D eigenvalue weighted by Crippen LogP contribution is -2.05. The van der Waals surface area contributed by atoms with Crippen LogP contribution in [0.1, 0.15) is 17.2 Å². The summed E-state index contributed by atoms with van der Waals surface area (Å²) in [5, 5.41) is 7.07. The van der Waals surface area contributed by atoms with Crippen LogP contribution in [0.4, 0.5) is 5.82 Å². The third-order valence-corrected chi connectivity index (χ3v) is 2.95. The van der Waals surface area contributed by atoms with E-state index < -0.39 is 0 Å². The first-order valence-electron chi connectivity index (χ1n) is 6.64. The summed E-state index contributed by atoms with van der Waals surface area (Å²) in [6.45, 7) is 4.34. The normalized spacial score (nSPS) is 10.6. The summed E-state index contributed by atoms with van der Waals surface area (Å²) in [7, 11) is 0. The molecule has 3 aromatic heterocycles. The summed E-state index contributed by atoms with van der Waals surface area (Å²) >= 11 is 0. The fourth-order valence-electron chi connectivity index (χ4n) is 2.00. The Morgan fingerprint density at radius 1 is 1.10 bits per heavy atom. The number of anilines is 1. The topological polar surface area (TPSA) is 76.7 Å². The second-order valence-corrected chi connectivity index (χ2v) is 4.67.